The molecule has 0 fully saturated rings. The van der Waals surface area contributed by atoms with Crippen LogP contribution in [0.5, 0.6) is 11.5 Å². The summed E-state index contributed by atoms with van der Waals surface area (Å²) in [5.74, 6) is 1.38. The van der Waals surface area contributed by atoms with E-state index in [1.165, 1.54) is 0 Å². The van der Waals surface area contributed by atoms with E-state index in [9.17, 15) is 0 Å². The number of nitrogens with zero attached hydrogens (tertiary/aromatic N) is 1. The number of benzene rings is 1. The number of ether oxygens (including phenoxy) is 2. The third-order valence-corrected chi connectivity index (χ3v) is 3.81. The van der Waals surface area contributed by atoms with Crippen molar-refractivity contribution in [3.63, 3.8) is 0 Å². The van der Waals surface area contributed by atoms with Crippen LogP contribution >= 0.6 is 22.9 Å². The number of nitrogens with one attached hydrogen (secondary N) is 1. The number of hydrogen-bond donors (Lipinski definition) is 1. The van der Waals surface area contributed by atoms with Gasteiger partial charge in [0.25, 0.3) is 0 Å². The summed E-state index contributed by atoms with van der Waals surface area (Å²) in [5.41, 5.74) is 1.07. The van der Waals surface area contributed by atoms with Crippen LogP contribution in [0.15, 0.2) is 23.7 Å². The van der Waals surface area contributed by atoms with Crippen LogP contribution in [-0.4, -0.2) is 18.2 Å². The largest absolute Gasteiger partial charge is 0.486 e. The van der Waals surface area contributed by atoms with Crippen molar-refractivity contribution in [1.29, 1.82) is 0 Å². The lowest BCUT2D eigenvalue weighted by Crippen LogP contribution is -2.17. The van der Waals surface area contributed by atoms with Crippen LogP contribution in [0.3, 0.4) is 0 Å². The van der Waals surface area contributed by atoms with Crippen molar-refractivity contribution < 1.29 is 9.47 Å². The Kier molecular flexibility index (Phi) is 3.87. The highest BCUT2D eigenvalue weighted by molar-refractivity contribution is 7.09. The van der Waals surface area contributed by atoms with Crippen molar-refractivity contribution in [2.45, 2.75) is 13.1 Å². The maximum absolute atomic E-state index is 6.18. The maximum atomic E-state index is 6.18. The molecule has 1 aliphatic rings. The molecule has 2 aromatic rings. The molecule has 6 heteroatoms. The first-order chi connectivity index (χ1) is 9.33. The Morgan fingerprint density at radius 1 is 1.26 bits per heavy atom. The van der Waals surface area contributed by atoms with E-state index in [-0.39, 0.29) is 0 Å². The summed E-state index contributed by atoms with van der Waals surface area (Å²) in [4.78, 5) is 4.22. The van der Waals surface area contributed by atoms with Gasteiger partial charge in [-0.1, -0.05) is 11.6 Å². The molecule has 19 heavy (non-hydrogen) atoms. The molecule has 1 N–H and O–H groups in total. The summed E-state index contributed by atoms with van der Waals surface area (Å²) in [6.07, 6.45) is 1.81. The second-order valence-electron chi connectivity index (χ2n) is 4.13. The number of aromatic nitrogens is 1. The molecule has 3 rings (SSSR count). The molecular weight excluding hydrogens is 284 g/mol. The number of fused-ring (bicyclic) bond motifs is 1. The van der Waals surface area contributed by atoms with Gasteiger partial charge in [0, 0.05) is 24.7 Å². The van der Waals surface area contributed by atoms with Gasteiger partial charge in [0.2, 0.25) is 0 Å². The van der Waals surface area contributed by atoms with Crippen LogP contribution in [0.2, 0.25) is 5.02 Å². The van der Waals surface area contributed by atoms with Gasteiger partial charge in [0.05, 0.1) is 5.02 Å². The zero-order valence-electron chi connectivity index (χ0n) is 10.2. The lowest BCUT2D eigenvalue weighted by molar-refractivity contribution is 0.171. The first kappa shape index (κ1) is 12.7. The highest BCUT2D eigenvalue weighted by Gasteiger charge is 2.16. The van der Waals surface area contributed by atoms with Gasteiger partial charge in [0.1, 0.15) is 18.2 Å². The van der Waals surface area contributed by atoms with Crippen molar-refractivity contribution in [3.8, 4) is 11.5 Å². The van der Waals surface area contributed by atoms with Crippen LogP contribution in [0.4, 0.5) is 0 Å². The molecule has 0 atom stereocenters. The average molecular weight is 297 g/mol. The fourth-order valence-electron chi connectivity index (χ4n) is 1.92. The summed E-state index contributed by atoms with van der Waals surface area (Å²) in [6, 6.07) is 3.87. The smallest absolute Gasteiger partial charge is 0.179 e. The van der Waals surface area contributed by atoms with Crippen molar-refractivity contribution in [1.82, 2.24) is 10.3 Å². The number of hydrogen-bond acceptors (Lipinski definition) is 5. The van der Waals surface area contributed by atoms with Gasteiger partial charge in [-0.2, -0.15) is 0 Å². The molecule has 4 nitrogen and oxygen atoms in total. The molecule has 0 unspecified atom stereocenters. The highest BCUT2D eigenvalue weighted by Crippen LogP contribution is 2.38. The summed E-state index contributed by atoms with van der Waals surface area (Å²) >= 11 is 7.82. The second kappa shape index (κ2) is 5.77. The summed E-state index contributed by atoms with van der Waals surface area (Å²) in [7, 11) is 0. The summed E-state index contributed by atoms with van der Waals surface area (Å²) in [6.45, 7) is 2.59. The molecule has 1 aromatic heterocycles. The van der Waals surface area contributed by atoms with Crippen LogP contribution in [-0.2, 0) is 13.1 Å². The lowest BCUT2D eigenvalue weighted by atomic mass is 10.2. The third-order valence-electron chi connectivity index (χ3n) is 2.75. The molecule has 0 saturated heterocycles. The molecule has 1 aromatic carbocycles. The molecule has 0 bridgehead atoms. The van der Waals surface area contributed by atoms with E-state index in [1.54, 1.807) is 11.3 Å². The maximum Gasteiger partial charge on any atom is 0.179 e. The Morgan fingerprint density at radius 2 is 2.16 bits per heavy atom. The Hall–Kier alpha value is -1.30. The van der Waals surface area contributed by atoms with Gasteiger partial charge in [0.15, 0.2) is 11.5 Å². The molecule has 0 aliphatic carbocycles. The fraction of sp³-hybridized carbons (Fsp3) is 0.308. The van der Waals surface area contributed by atoms with Crippen LogP contribution < -0.4 is 14.8 Å². The minimum atomic E-state index is 0.550. The van der Waals surface area contributed by atoms with Gasteiger partial charge >= 0.3 is 0 Å². The molecule has 0 saturated carbocycles. The van der Waals surface area contributed by atoms with Gasteiger partial charge in [-0.25, -0.2) is 4.98 Å². The minimum absolute atomic E-state index is 0.550. The van der Waals surface area contributed by atoms with E-state index >= 15 is 0 Å². The van der Waals surface area contributed by atoms with Gasteiger partial charge in [-0.05, 0) is 17.7 Å². The first-order valence-corrected chi connectivity index (χ1v) is 7.26. The SMILES string of the molecule is Clc1cc(CNCc2nccs2)cc2c1OCCO2. The standard InChI is InChI=1S/C13H13ClN2O2S/c14-10-5-9(6-11-13(10)18-3-2-17-11)7-15-8-12-16-1-4-19-12/h1,4-6,15H,2-3,7-8H2. The molecule has 0 spiro atoms. The molecular formula is C13H13ClN2O2S. The van der Waals surface area contributed by atoms with Crippen molar-refractivity contribution in [2.75, 3.05) is 13.2 Å². The zero-order chi connectivity index (χ0) is 13.1. The molecule has 2 heterocycles. The lowest BCUT2D eigenvalue weighted by Gasteiger charge is -2.20. The zero-order valence-corrected chi connectivity index (χ0v) is 11.8. The van der Waals surface area contributed by atoms with Gasteiger partial charge < -0.3 is 14.8 Å². The van der Waals surface area contributed by atoms with E-state index in [0.717, 1.165) is 29.4 Å². The topological polar surface area (TPSA) is 43.4 Å². The quantitative estimate of drug-likeness (QED) is 0.942. The normalized spacial score (nSPS) is 13.5. The molecule has 0 radical (unpaired) electrons. The molecule has 1 aliphatic heterocycles. The second-order valence-corrected chi connectivity index (χ2v) is 5.52. The Bertz CT molecular complexity index is 560. The number of rotatable bonds is 4. The van der Waals surface area contributed by atoms with Crippen LogP contribution in [0.25, 0.3) is 0 Å². The van der Waals surface area contributed by atoms with Crippen molar-refractivity contribution in [2.24, 2.45) is 0 Å². The minimum Gasteiger partial charge on any atom is -0.486 e. The summed E-state index contributed by atoms with van der Waals surface area (Å²) in [5, 5.41) is 6.97. The van der Waals surface area contributed by atoms with E-state index < -0.39 is 0 Å². The monoisotopic (exact) mass is 296 g/mol. The number of thiazole rings is 1. The van der Waals surface area contributed by atoms with Gasteiger partial charge in [-0.15, -0.1) is 11.3 Å². The molecule has 0 amide bonds. The number of halogens is 1. The first-order valence-electron chi connectivity index (χ1n) is 6.00. The summed E-state index contributed by atoms with van der Waals surface area (Å²) < 4.78 is 11.0. The Balaban J connectivity index is 1.66. The van der Waals surface area contributed by atoms with Crippen molar-refractivity contribution in [3.05, 3.63) is 39.3 Å². The third kappa shape index (κ3) is 3.00. The average Bonchev–Trinajstić information content (AvgIpc) is 2.92. The Morgan fingerprint density at radius 3 is 3.00 bits per heavy atom. The van der Waals surface area contributed by atoms with Crippen LogP contribution in [0.1, 0.15) is 10.6 Å². The molecule has 100 valence electrons. The van der Waals surface area contributed by atoms with Crippen molar-refractivity contribution >= 4 is 22.9 Å². The van der Waals surface area contributed by atoms with E-state index in [4.69, 9.17) is 21.1 Å². The predicted molar refractivity (Wildman–Crippen MR) is 75.1 cm³/mol. The predicted octanol–water partition coefficient (Wildman–Crippen LogP) is 2.86. The highest BCUT2D eigenvalue weighted by atomic mass is 35.5. The van der Waals surface area contributed by atoms with Gasteiger partial charge in [-0.3, -0.25) is 0 Å². The van der Waals surface area contributed by atoms with E-state index in [1.807, 2.05) is 23.7 Å². The van der Waals surface area contributed by atoms with Crippen LogP contribution in [0, 0.1) is 0 Å². The fourth-order valence-corrected chi connectivity index (χ4v) is 2.79. The van der Waals surface area contributed by atoms with E-state index in [0.29, 0.717) is 24.0 Å². The Labute approximate surface area is 120 Å². The van der Waals surface area contributed by atoms with E-state index in [2.05, 4.69) is 10.3 Å².